The normalized spacial score (nSPS) is 14.4. The van der Waals surface area contributed by atoms with Crippen LogP contribution < -0.4 is 0 Å². The molecule has 0 aliphatic rings. The van der Waals surface area contributed by atoms with Crippen LogP contribution in [0.3, 0.4) is 0 Å². The van der Waals surface area contributed by atoms with Crippen LogP contribution in [0.5, 0.6) is 0 Å². The molecule has 5 unspecified atom stereocenters. The van der Waals surface area contributed by atoms with Crippen molar-refractivity contribution >= 4 is 33.6 Å². The minimum atomic E-state index is -4.95. The summed E-state index contributed by atoms with van der Waals surface area (Å²) >= 11 is 0. The lowest BCUT2D eigenvalue weighted by Gasteiger charge is -2.21. The monoisotopic (exact) mass is 1790 g/mol. The van der Waals surface area contributed by atoms with Gasteiger partial charge in [-0.15, -0.1) is 0 Å². The number of unbranched alkanes of at least 4 members (excludes halogenated alkanes) is 44. The number of phosphoric acid groups is 2. The number of allylic oxidation sites excluding steroid dienone is 28. The molecule has 0 saturated carbocycles. The molecular weight excluding hydrogens is 1600 g/mol. The number of rotatable bonds is 95. The second-order valence-corrected chi connectivity index (χ2v) is 36.4. The fourth-order valence-electron chi connectivity index (χ4n) is 13.8. The van der Waals surface area contributed by atoms with Crippen LogP contribution in [0.4, 0.5) is 0 Å². The fraction of sp³-hybridized carbons (Fsp3) is 0.710. The molecule has 5 atom stereocenters. The Labute approximate surface area is 764 Å². The van der Waals surface area contributed by atoms with Gasteiger partial charge in [0.05, 0.1) is 26.4 Å². The highest BCUT2D eigenvalue weighted by molar-refractivity contribution is 7.47. The molecule has 0 spiro atoms. The first-order valence-corrected chi connectivity index (χ1v) is 53.4. The van der Waals surface area contributed by atoms with Crippen molar-refractivity contribution in [2.75, 3.05) is 39.6 Å². The van der Waals surface area contributed by atoms with E-state index in [1.165, 1.54) is 205 Å². The number of carbonyl (C=O) groups is 3. The fourth-order valence-corrected chi connectivity index (χ4v) is 15.4. The molecule has 0 fully saturated rings. The Morgan fingerprint density at radius 2 is 0.424 bits per heavy atom. The van der Waals surface area contributed by atoms with Crippen molar-refractivity contribution in [1.29, 1.82) is 0 Å². The molecule has 0 aliphatic carbocycles. The van der Waals surface area contributed by atoms with E-state index in [1.54, 1.807) is 0 Å². The summed E-state index contributed by atoms with van der Waals surface area (Å²) in [5, 5.41) is 20.8. The summed E-state index contributed by atoms with van der Waals surface area (Å²) in [6.07, 6.45) is 128. The number of phosphoric ester groups is 2. The van der Waals surface area contributed by atoms with Crippen molar-refractivity contribution in [3.63, 3.8) is 0 Å². The van der Waals surface area contributed by atoms with Crippen LogP contribution in [0.25, 0.3) is 0 Å². The Morgan fingerprint density at radius 1 is 0.232 bits per heavy atom. The average Bonchev–Trinajstić information content (AvgIpc) is 0.904. The topological polar surface area (TPSA) is 231 Å². The average molecular weight is 1790 g/mol. The van der Waals surface area contributed by atoms with E-state index in [0.717, 1.165) is 167 Å². The van der Waals surface area contributed by atoms with Gasteiger partial charge >= 0.3 is 33.6 Å². The molecular formula is C107H184O16P2. The van der Waals surface area contributed by atoms with Gasteiger partial charge < -0.3 is 34.2 Å². The van der Waals surface area contributed by atoms with Gasteiger partial charge in [-0.2, -0.15) is 0 Å². The lowest BCUT2D eigenvalue weighted by atomic mass is 10.0. The first-order valence-electron chi connectivity index (χ1n) is 50.4. The van der Waals surface area contributed by atoms with Crippen molar-refractivity contribution in [3.8, 4) is 0 Å². The zero-order valence-corrected chi connectivity index (χ0v) is 81.3. The molecule has 0 radical (unpaired) electrons. The van der Waals surface area contributed by atoms with Gasteiger partial charge in [0.1, 0.15) is 25.4 Å². The lowest BCUT2D eigenvalue weighted by Crippen LogP contribution is -2.30. The number of hydrogen-bond donors (Lipinski definition) is 4. The Bertz CT molecular complexity index is 2950. The molecule has 0 bridgehead atoms. The van der Waals surface area contributed by atoms with E-state index < -0.39 is 91.5 Å². The van der Waals surface area contributed by atoms with Crippen LogP contribution >= 0.6 is 15.6 Å². The quantitative estimate of drug-likeness (QED) is 0.0146. The van der Waals surface area contributed by atoms with E-state index in [9.17, 15) is 43.5 Å². The number of aliphatic hydroxyl groups excluding tert-OH is 2. The van der Waals surface area contributed by atoms with Crippen LogP contribution in [-0.2, 0) is 55.8 Å². The van der Waals surface area contributed by atoms with E-state index in [4.69, 9.17) is 32.3 Å². The summed E-state index contributed by atoms with van der Waals surface area (Å²) < 4.78 is 61.6. The first-order chi connectivity index (χ1) is 61.2. The highest BCUT2D eigenvalue weighted by atomic mass is 31.2. The highest BCUT2D eigenvalue weighted by Gasteiger charge is 2.30. The Kier molecular flexibility index (Phi) is 94.0. The standard InChI is InChI=1S/C107H184O16P2/c1-4-7-10-13-16-19-22-25-28-31-34-37-40-42-44-46-48-50-52-54-56-58-61-63-66-69-72-75-78-81-84-87-90-93-105(110)117-96-102(108)97-119-124(113,114)120-98-103(109)99-121-125(115,116)122-101-104(123-107(112)95-92-89-86-83-80-77-74-71-68-65-60-39-36-33-30-27-24-21-18-15-12-9-6-3)100-118-106(111)94-91-88-85-82-79-76-73-70-67-64-62-59-57-55-53-51-49-47-45-43-41-38-35-32-29-26-23-20-17-14-11-8-5-2/h7-8,10-11,16-21,25-30,34-39,42-45,65,68,102-104,108-109H,4-6,9,12-15,22-24,31-33,40-41,46-64,66-67,69-101H2,1-3H3,(H,113,114)(H,115,116)/b10-7-,11-8-,19-16-,20-17-,21-18-,28-25-,29-26-,30-27-,37-34-,38-35-,39-36-,44-42-,45-43-,68-65-. The van der Waals surface area contributed by atoms with Gasteiger partial charge in [0.25, 0.3) is 0 Å². The van der Waals surface area contributed by atoms with E-state index in [2.05, 4.69) is 191 Å². The molecule has 0 rings (SSSR count). The zero-order chi connectivity index (χ0) is 90.7. The SMILES string of the molecule is CC/C=C\C/C=C\C/C=C\C/C=C\C/C=C\CCCCCCCCCCCCCCCCCCCC(=O)OCC(O)COP(=O)(O)OCC(O)COP(=O)(O)OCC(COC(=O)CCCCCCCCCCCCCCCCCCC/C=C\C/C=C\C/C=C\C/C=C\C/C=C\CC)OC(=O)CCCCCCCCC/C=C\C/C=C\C/C=C\C/C=C\CCCCC. The Hall–Kier alpha value is -5.09. The molecule has 0 amide bonds. The van der Waals surface area contributed by atoms with E-state index in [1.807, 2.05) is 0 Å². The molecule has 0 aliphatic heterocycles. The summed E-state index contributed by atoms with van der Waals surface area (Å²) in [7, 11) is -9.82. The number of carbonyl (C=O) groups excluding carboxylic acids is 3. The second-order valence-electron chi connectivity index (χ2n) is 33.5. The van der Waals surface area contributed by atoms with Gasteiger partial charge in [-0.25, -0.2) is 9.13 Å². The first kappa shape index (κ1) is 120. The van der Waals surface area contributed by atoms with E-state index in [0.29, 0.717) is 19.3 Å². The van der Waals surface area contributed by atoms with Crippen molar-refractivity contribution < 1.29 is 75.8 Å². The van der Waals surface area contributed by atoms with Gasteiger partial charge in [-0.3, -0.25) is 32.5 Å². The molecule has 125 heavy (non-hydrogen) atoms. The van der Waals surface area contributed by atoms with Crippen molar-refractivity contribution in [1.82, 2.24) is 0 Å². The van der Waals surface area contributed by atoms with Crippen LogP contribution in [0.2, 0.25) is 0 Å². The maximum Gasteiger partial charge on any atom is 0.472 e. The Balaban J connectivity index is 4.57. The van der Waals surface area contributed by atoms with Crippen LogP contribution in [0, 0.1) is 0 Å². The van der Waals surface area contributed by atoms with Gasteiger partial charge in [0.15, 0.2) is 6.10 Å². The van der Waals surface area contributed by atoms with Gasteiger partial charge in [0.2, 0.25) is 0 Å². The van der Waals surface area contributed by atoms with E-state index in [-0.39, 0.29) is 19.3 Å². The number of esters is 3. The highest BCUT2D eigenvalue weighted by Crippen LogP contribution is 2.45. The second kappa shape index (κ2) is 98.0. The van der Waals surface area contributed by atoms with E-state index >= 15 is 0 Å². The third-order valence-electron chi connectivity index (χ3n) is 21.4. The predicted molar refractivity (Wildman–Crippen MR) is 528 cm³/mol. The summed E-state index contributed by atoms with van der Waals surface area (Å²) in [5.74, 6) is -1.57. The maximum absolute atomic E-state index is 13.1. The zero-order valence-electron chi connectivity index (χ0n) is 79.5. The van der Waals surface area contributed by atoms with Crippen molar-refractivity contribution in [2.45, 2.75) is 450 Å². The number of aliphatic hydroxyl groups is 2. The lowest BCUT2D eigenvalue weighted by molar-refractivity contribution is -0.161. The molecule has 0 aromatic carbocycles. The minimum Gasteiger partial charge on any atom is -0.463 e. The summed E-state index contributed by atoms with van der Waals surface area (Å²) in [6, 6.07) is 0. The molecule has 4 N–H and O–H groups in total. The van der Waals surface area contributed by atoms with Crippen molar-refractivity contribution in [2.24, 2.45) is 0 Å². The largest absolute Gasteiger partial charge is 0.472 e. The minimum absolute atomic E-state index is 0.0904. The molecule has 18 heteroatoms. The maximum atomic E-state index is 13.1. The predicted octanol–water partition coefficient (Wildman–Crippen LogP) is 31.8. The van der Waals surface area contributed by atoms with Gasteiger partial charge in [-0.05, 0) is 154 Å². The number of hydrogen-bond acceptors (Lipinski definition) is 14. The number of ether oxygens (including phenoxy) is 3. The third-order valence-corrected chi connectivity index (χ3v) is 23.3. The molecule has 16 nitrogen and oxygen atoms in total. The molecule has 0 aromatic rings. The van der Waals surface area contributed by atoms with Crippen LogP contribution in [-0.4, -0.2) is 95.9 Å². The molecule has 0 aromatic heterocycles. The summed E-state index contributed by atoms with van der Waals surface area (Å²) in [6.45, 7) is 2.49. The molecule has 718 valence electrons. The molecule has 0 heterocycles. The smallest absolute Gasteiger partial charge is 0.463 e. The molecule has 0 saturated heterocycles. The van der Waals surface area contributed by atoms with Crippen LogP contribution in [0.1, 0.15) is 432 Å². The Morgan fingerprint density at radius 3 is 0.672 bits per heavy atom. The van der Waals surface area contributed by atoms with Crippen LogP contribution in [0.15, 0.2) is 170 Å². The van der Waals surface area contributed by atoms with Crippen molar-refractivity contribution in [3.05, 3.63) is 170 Å². The third kappa shape index (κ3) is 99.3. The summed E-state index contributed by atoms with van der Waals surface area (Å²) in [4.78, 5) is 59.2. The van der Waals surface area contributed by atoms with Gasteiger partial charge in [0, 0.05) is 19.3 Å². The summed E-state index contributed by atoms with van der Waals surface area (Å²) in [5.41, 5.74) is 0. The van der Waals surface area contributed by atoms with Gasteiger partial charge in [-0.1, -0.05) is 428 Å².